The zero-order valence-corrected chi connectivity index (χ0v) is 18.0. The van der Waals surface area contributed by atoms with Gasteiger partial charge in [0.25, 0.3) is 5.91 Å². The highest BCUT2D eigenvalue weighted by Gasteiger charge is 2.17. The van der Waals surface area contributed by atoms with E-state index < -0.39 is 5.91 Å². The Morgan fingerprint density at radius 2 is 1.52 bits per heavy atom. The standard InChI is InChI=1S/C26H16N4O2S/c27-15-20-21-22(18-13-7-8-14-19(18)23(21)31)30(17-11-5-2-6-12-17)26(33-24(20)28)29-25(32)16-9-3-1-4-10-16/h1-14H,28H2. The Morgan fingerprint density at radius 3 is 2.18 bits per heavy atom. The quantitative estimate of drug-likeness (QED) is 0.441. The molecule has 3 aromatic rings. The third kappa shape index (κ3) is 3.39. The molecule has 33 heavy (non-hydrogen) atoms. The van der Waals surface area contributed by atoms with Crippen molar-refractivity contribution in [2.75, 3.05) is 5.73 Å². The predicted molar refractivity (Wildman–Crippen MR) is 128 cm³/mol. The fraction of sp³-hybridized carbons (Fsp3) is 0. The first-order valence-electron chi connectivity index (χ1n) is 10.1. The largest absolute Gasteiger partial charge is 0.389 e. The lowest BCUT2D eigenvalue weighted by atomic mass is 10.2. The molecule has 6 nitrogen and oxygen atoms in total. The van der Waals surface area contributed by atoms with E-state index in [1.807, 2.05) is 48.5 Å². The van der Waals surface area contributed by atoms with Gasteiger partial charge in [0.1, 0.15) is 11.1 Å². The van der Waals surface area contributed by atoms with Crippen molar-refractivity contribution in [2.24, 2.45) is 4.99 Å². The summed E-state index contributed by atoms with van der Waals surface area (Å²) < 4.78 is 1.74. The van der Waals surface area contributed by atoms with Gasteiger partial charge in [-0.15, -0.1) is 0 Å². The molecule has 7 heteroatoms. The van der Waals surface area contributed by atoms with E-state index in [0.717, 1.165) is 11.3 Å². The fourth-order valence-electron chi connectivity index (χ4n) is 3.88. The predicted octanol–water partition coefficient (Wildman–Crippen LogP) is 3.97. The average Bonchev–Trinajstić information content (AvgIpc) is 3.06. The Balaban J connectivity index is 2.08. The summed E-state index contributed by atoms with van der Waals surface area (Å²) in [4.78, 5) is 31.1. The smallest absolute Gasteiger partial charge is 0.279 e. The van der Waals surface area contributed by atoms with Crippen LogP contribution in [0.2, 0.25) is 0 Å². The summed E-state index contributed by atoms with van der Waals surface area (Å²) in [5.41, 5.74) is 7.21. The van der Waals surface area contributed by atoms with E-state index >= 15 is 0 Å². The van der Waals surface area contributed by atoms with Gasteiger partial charge in [0.15, 0.2) is 10.2 Å². The number of nitrogens with zero attached hydrogens (tertiary/aromatic N) is 3. The number of carbonyl (C=O) groups excluding carboxylic acids is 1. The second-order valence-corrected chi connectivity index (χ2v) is 8.30. The van der Waals surface area contributed by atoms with Crippen LogP contribution in [0.3, 0.4) is 0 Å². The van der Waals surface area contributed by atoms with E-state index in [0.29, 0.717) is 27.4 Å². The van der Waals surface area contributed by atoms with Gasteiger partial charge in [-0.2, -0.15) is 10.3 Å². The van der Waals surface area contributed by atoms with Crippen LogP contribution in [0.5, 0.6) is 0 Å². The molecule has 3 aromatic carbocycles. The second kappa shape index (κ2) is 8.19. The number of nitrogens with two attached hydrogens (primary N) is 1. The van der Waals surface area contributed by atoms with Gasteiger partial charge >= 0.3 is 0 Å². The van der Waals surface area contributed by atoms with Crippen molar-refractivity contribution in [3.63, 3.8) is 0 Å². The molecule has 1 amide bonds. The summed E-state index contributed by atoms with van der Waals surface area (Å²) in [6.07, 6.45) is 0. The molecule has 2 N–H and O–H groups in total. The van der Waals surface area contributed by atoms with Crippen molar-refractivity contribution in [1.29, 1.82) is 5.26 Å². The van der Waals surface area contributed by atoms with Gasteiger partial charge in [0, 0.05) is 22.0 Å². The van der Waals surface area contributed by atoms with Crippen molar-refractivity contribution in [3.8, 4) is 11.8 Å². The minimum absolute atomic E-state index is 0.0782. The third-order valence-electron chi connectivity index (χ3n) is 5.35. The summed E-state index contributed by atoms with van der Waals surface area (Å²) in [6.45, 7) is 0. The van der Waals surface area contributed by atoms with E-state index in [4.69, 9.17) is 5.73 Å². The highest BCUT2D eigenvalue weighted by molar-refractivity contribution is 7.13. The van der Waals surface area contributed by atoms with Gasteiger partial charge in [0.2, 0.25) is 0 Å². The molecule has 0 atom stereocenters. The van der Waals surface area contributed by atoms with Crippen molar-refractivity contribution in [1.82, 2.24) is 4.57 Å². The summed E-state index contributed by atoms with van der Waals surface area (Å²) in [7, 11) is 0. The number of nitrogen functional groups attached to an aromatic ring is 1. The number of carbonyl (C=O) groups is 1. The van der Waals surface area contributed by atoms with Crippen LogP contribution in [0, 0.1) is 21.9 Å². The Labute approximate surface area is 191 Å². The zero-order chi connectivity index (χ0) is 22.9. The maximum Gasteiger partial charge on any atom is 0.279 e. The van der Waals surface area contributed by atoms with Crippen LogP contribution in [-0.2, 0) is 0 Å². The monoisotopic (exact) mass is 448 g/mol. The molecule has 1 heterocycles. The number of amides is 1. The van der Waals surface area contributed by atoms with E-state index in [9.17, 15) is 14.9 Å². The first-order chi connectivity index (χ1) is 16.1. The molecule has 0 radical (unpaired) electrons. The minimum Gasteiger partial charge on any atom is -0.389 e. The molecule has 0 bridgehead atoms. The van der Waals surface area contributed by atoms with Crippen LogP contribution in [-0.4, -0.2) is 10.5 Å². The third-order valence-corrected chi connectivity index (χ3v) is 6.23. The molecule has 0 saturated heterocycles. The highest BCUT2D eigenvalue weighted by atomic mass is 32.1. The first kappa shape index (κ1) is 20.4. The number of nitriles is 1. The number of benzene rings is 3. The minimum atomic E-state index is -0.452. The van der Waals surface area contributed by atoms with E-state index in [2.05, 4.69) is 11.1 Å². The second-order valence-electron chi connectivity index (χ2n) is 7.29. The first-order valence-corrected chi connectivity index (χ1v) is 10.9. The molecule has 1 aliphatic carbocycles. The van der Waals surface area contributed by atoms with E-state index in [-0.39, 0.29) is 26.0 Å². The fourth-order valence-corrected chi connectivity index (χ4v) is 4.74. The molecule has 0 unspecified atom stereocenters. The van der Waals surface area contributed by atoms with Crippen LogP contribution < -0.4 is 16.0 Å². The molecular weight excluding hydrogens is 432 g/mol. The van der Waals surface area contributed by atoms with Gasteiger partial charge in [0.05, 0.1) is 16.1 Å². The van der Waals surface area contributed by atoms with Crippen molar-refractivity contribution >= 4 is 33.0 Å². The normalized spacial score (nSPS) is 11.5. The Morgan fingerprint density at radius 1 is 0.909 bits per heavy atom. The molecule has 1 aliphatic heterocycles. The molecule has 0 aromatic heterocycles. The van der Waals surface area contributed by atoms with Crippen LogP contribution in [0.15, 0.2) is 94.7 Å². The highest BCUT2D eigenvalue weighted by Crippen LogP contribution is 2.22. The zero-order valence-electron chi connectivity index (χ0n) is 17.2. The van der Waals surface area contributed by atoms with Gasteiger partial charge < -0.3 is 5.73 Å². The van der Waals surface area contributed by atoms with Crippen LogP contribution >= 0.6 is 11.3 Å². The Bertz CT molecular complexity index is 1770. The maximum atomic E-state index is 13.4. The van der Waals surface area contributed by atoms with Crippen molar-refractivity contribution in [2.45, 2.75) is 0 Å². The molecule has 0 saturated carbocycles. The van der Waals surface area contributed by atoms with Gasteiger partial charge in [-0.1, -0.05) is 72.0 Å². The lowest BCUT2D eigenvalue weighted by Gasteiger charge is -2.06. The van der Waals surface area contributed by atoms with Crippen LogP contribution in [0.4, 0.5) is 5.00 Å². The number of fused-ring (bicyclic) bond motifs is 2. The SMILES string of the molecule is N#Cc1c(N)sc(=NC(=O)c2ccccc2)n(-c2ccccc2)c2c3ccccc3c(=O)c1=2. The summed E-state index contributed by atoms with van der Waals surface area (Å²) in [5.74, 6) is -0.452. The van der Waals surface area contributed by atoms with E-state index in [1.54, 1.807) is 41.0 Å². The number of anilines is 1. The molecule has 0 fully saturated rings. The van der Waals surface area contributed by atoms with Crippen LogP contribution in [0.25, 0.3) is 16.5 Å². The maximum absolute atomic E-state index is 13.4. The van der Waals surface area contributed by atoms with Gasteiger partial charge in [-0.3, -0.25) is 14.2 Å². The topological polar surface area (TPSA) is 101 Å². The summed E-state index contributed by atoms with van der Waals surface area (Å²) in [6, 6.07) is 27.2. The lowest BCUT2D eigenvalue weighted by Crippen LogP contribution is -2.18. The Hall–Kier alpha value is -4.54. The molecule has 5 rings (SSSR count). The van der Waals surface area contributed by atoms with E-state index in [1.165, 1.54) is 0 Å². The molecule has 0 spiro atoms. The Kier molecular flexibility index (Phi) is 5.05. The van der Waals surface area contributed by atoms with Gasteiger partial charge in [-0.25, -0.2) is 0 Å². The summed E-state index contributed by atoms with van der Waals surface area (Å²) in [5, 5.41) is 11.9. The lowest BCUT2D eigenvalue weighted by molar-refractivity contribution is 0.0998. The molecule has 2 aliphatic rings. The molecule has 158 valence electrons. The van der Waals surface area contributed by atoms with Crippen molar-refractivity contribution in [3.05, 3.63) is 122 Å². The number of aromatic nitrogens is 1. The number of hydrogen-bond acceptors (Lipinski definition) is 5. The number of rotatable bonds is 2. The van der Waals surface area contributed by atoms with Gasteiger partial charge in [-0.05, 0) is 24.3 Å². The average molecular weight is 449 g/mol. The van der Waals surface area contributed by atoms with Crippen LogP contribution in [0.1, 0.15) is 15.9 Å². The summed E-state index contributed by atoms with van der Waals surface area (Å²) >= 11 is 0.995. The number of para-hydroxylation sites is 1. The van der Waals surface area contributed by atoms with Crippen molar-refractivity contribution < 1.29 is 4.79 Å². The molecular formula is C26H16N4O2S. The number of hydrogen-bond donors (Lipinski definition) is 1.